The standard InChI is InChI=1S/C5H6N6O4/c1-14-3(12)2-6-4(8-7-2)11-9-5(13)15-10-11/h10H,1H3,(H,9,13)(H,6,7,8)/p+1. The second-order valence-electron chi connectivity index (χ2n) is 2.49. The number of esters is 1. The number of quaternary nitrogens is 1. The largest absolute Gasteiger partial charge is 0.477 e. The van der Waals surface area contributed by atoms with E-state index < -0.39 is 12.1 Å². The van der Waals surface area contributed by atoms with E-state index in [2.05, 4.69) is 35.8 Å². The van der Waals surface area contributed by atoms with Gasteiger partial charge in [-0.05, 0) is 0 Å². The Bertz CT molecular complexity index is 402. The van der Waals surface area contributed by atoms with Crippen LogP contribution in [0.25, 0.3) is 0 Å². The summed E-state index contributed by atoms with van der Waals surface area (Å²) in [5.41, 5.74) is 4.56. The second kappa shape index (κ2) is 3.51. The molecule has 0 aliphatic carbocycles. The van der Waals surface area contributed by atoms with Crippen molar-refractivity contribution in [3.8, 4) is 0 Å². The molecule has 1 unspecified atom stereocenters. The number of nitrogens with one attached hydrogen (secondary N) is 4. The molecule has 1 aliphatic rings. The lowest BCUT2D eigenvalue weighted by Crippen LogP contribution is -3.17. The number of aromatic amines is 1. The van der Waals surface area contributed by atoms with Crippen molar-refractivity contribution in [3.05, 3.63) is 5.82 Å². The molecule has 0 bridgehead atoms. The normalized spacial score (nSPS) is 19.5. The van der Waals surface area contributed by atoms with Gasteiger partial charge in [0.2, 0.25) is 0 Å². The van der Waals surface area contributed by atoms with Crippen LogP contribution in [0, 0.1) is 0 Å². The van der Waals surface area contributed by atoms with Crippen LogP contribution in [0.3, 0.4) is 0 Å². The molecule has 1 amide bonds. The number of carbonyl (C=O) groups excluding carboxylic acids is 2. The van der Waals surface area contributed by atoms with Gasteiger partial charge in [-0.2, -0.15) is 0 Å². The van der Waals surface area contributed by atoms with E-state index in [9.17, 15) is 9.59 Å². The molecule has 1 saturated heterocycles. The molecule has 2 rings (SSSR count). The van der Waals surface area contributed by atoms with Crippen LogP contribution < -0.4 is 16.1 Å². The molecule has 10 heteroatoms. The summed E-state index contributed by atoms with van der Waals surface area (Å²) in [7, 11) is 1.21. The van der Waals surface area contributed by atoms with E-state index in [1.165, 1.54) is 7.11 Å². The molecule has 0 saturated carbocycles. The van der Waals surface area contributed by atoms with E-state index in [-0.39, 0.29) is 16.9 Å². The maximum Gasteiger partial charge on any atom is 0.477 e. The number of carbonyl (C=O) groups is 2. The molecule has 0 radical (unpaired) electrons. The summed E-state index contributed by atoms with van der Waals surface area (Å²) in [6, 6.07) is 0. The quantitative estimate of drug-likeness (QED) is 0.392. The Kier molecular flexibility index (Phi) is 2.19. The number of ether oxygens (including phenoxy) is 1. The van der Waals surface area contributed by atoms with E-state index in [0.717, 1.165) is 0 Å². The molecule has 4 N–H and O–H groups in total. The van der Waals surface area contributed by atoms with Crippen LogP contribution in [-0.4, -0.2) is 34.4 Å². The number of amides is 1. The summed E-state index contributed by atoms with van der Waals surface area (Å²) in [6.45, 7) is 0. The Morgan fingerprint density at radius 2 is 2.40 bits per heavy atom. The highest BCUT2D eigenvalue weighted by molar-refractivity contribution is 5.85. The molecule has 0 aromatic carbocycles. The molecule has 15 heavy (non-hydrogen) atoms. The lowest BCUT2D eigenvalue weighted by molar-refractivity contribution is -0.929. The first kappa shape index (κ1) is 9.36. The van der Waals surface area contributed by atoms with Crippen molar-refractivity contribution in [2.75, 3.05) is 7.11 Å². The topological polar surface area (TPSA) is 123 Å². The van der Waals surface area contributed by atoms with Gasteiger partial charge in [-0.15, -0.1) is 15.5 Å². The highest BCUT2D eigenvalue weighted by Crippen LogP contribution is 1.94. The minimum absolute atomic E-state index is 0.136. The van der Waals surface area contributed by atoms with Gasteiger partial charge in [-0.1, -0.05) is 5.12 Å². The van der Waals surface area contributed by atoms with Crippen molar-refractivity contribution in [3.63, 3.8) is 0 Å². The molecule has 1 aromatic rings. The van der Waals surface area contributed by atoms with Gasteiger partial charge >= 0.3 is 18.0 Å². The monoisotopic (exact) mass is 215 g/mol. The van der Waals surface area contributed by atoms with Crippen molar-refractivity contribution in [2.24, 2.45) is 0 Å². The van der Waals surface area contributed by atoms with Crippen LogP contribution in [0.2, 0.25) is 0 Å². The lowest BCUT2D eigenvalue weighted by Gasteiger charge is -1.99. The van der Waals surface area contributed by atoms with Gasteiger partial charge in [0.05, 0.1) is 7.11 Å². The Hall–Kier alpha value is -2.20. The van der Waals surface area contributed by atoms with Gasteiger partial charge in [0.15, 0.2) is 0 Å². The summed E-state index contributed by atoms with van der Waals surface area (Å²) in [4.78, 5) is 29.8. The van der Waals surface area contributed by atoms with Gasteiger partial charge in [0.1, 0.15) is 0 Å². The number of hydrogen-bond donors (Lipinski definition) is 4. The van der Waals surface area contributed by atoms with Crippen molar-refractivity contribution in [1.82, 2.24) is 26.2 Å². The van der Waals surface area contributed by atoms with Crippen molar-refractivity contribution >= 4 is 18.0 Å². The molecule has 0 spiro atoms. The van der Waals surface area contributed by atoms with Crippen LogP contribution in [0.5, 0.6) is 0 Å². The zero-order valence-corrected chi connectivity index (χ0v) is 7.53. The van der Waals surface area contributed by atoms with Crippen LogP contribution in [0.15, 0.2) is 0 Å². The van der Waals surface area contributed by atoms with Crippen molar-refractivity contribution in [1.29, 1.82) is 0 Å². The van der Waals surface area contributed by atoms with Gasteiger partial charge in [0.25, 0.3) is 5.82 Å². The SMILES string of the molecule is COC(=O)c1n[nH]c([NH+]2NOC(=O)N2)n1. The maximum atomic E-state index is 11.0. The molecule has 1 aliphatic heterocycles. The molecule has 80 valence electrons. The first-order chi connectivity index (χ1) is 7.20. The van der Waals surface area contributed by atoms with Gasteiger partial charge in [0, 0.05) is 5.59 Å². The predicted octanol–water partition coefficient (Wildman–Crippen LogP) is -2.82. The highest BCUT2D eigenvalue weighted by Gasteiger charge is 2.30. The average Bonchev–Trinajstić information content (AvgIpc) is 2.84. The Balaban J connectivity index is 2.13. The molecule has 2 heterocycles. The third kappa shape index (κ3) is 1.70. The molecular formula is C5H7N6O4+. The third-order valence-corrected chi connectivity index (χ3v) is 1.56. The molecule has 1 atom stereocenters. The molecule has 1 aromatic heterocycles. The Morgan fingerprint density at radius 3 is 3.00 bits per heavy atom. The fraction of sp³-hybridized carbons (Fsp3) is 0.200. The number of hydrogen-bond acceptors (Lipinski definition) is 7. The van der Waals surface area contributed by atoms with E-state index >= 15 is 0 Å². The summed E-state index contributed by atoms with van der Waals surface area (Å²) in [6.07, 6.45) is -0.666. The molecule has 1 fully saturated rings. The third-order valence-electron chi connectivity index (χ3n) is 1.56. The summed E-state index contributed by atoms with van der Waals surface area (Å²) < 4.78 is 4.40. The van der Waals surface area contributed by atoms with E-state index in [4.69, 9.17) is 0 Å². The van der Waals surface area contributed by atoms with Gasteiger partial charge in [-0.3, -0.25) is 0 Å². The van der Waals surface area contributed by atoms with Crippen LogP contribution in [0.4, 0.5) is 10.7 Å². The van der Waals surface area contributed by atoms with Crippen LogP contribution >= 0.6 is 0 Å². The van der Waals surface area contributed by atoms with Crippen molar-refractivity contribution < 1.29 is 24.3 Å². The number of methoxy groups -OCH3 is 1. The number of nitrogens with zero attached hydrogens (tertiary/aromatic N) is 2. The maximum absolute atomic E-state index is 11.0. The fourth-order valence-electron chi connectivity index (χ4n) is 0.914. The number of H-pyrrole nitrogens is 1. The highest BCUT2D eigenvalue weighted by atomic mass is 16.8. The summed E-state index contributed by atoms with van der Waals surface area (Å²) in [5, 5.41) is 6.19. The Labute approximate surface area is 82.4 Å². The van der Waals surface area contributed by atoms with E-state index in [0.29, 0.717) is 0 Å². The number of aromatic nitrogens is 3. The van der Waals surface area contributed by atoms with Crippen molar-refractivity contribution in [2.45, 2.75) is 0 Å². The second-order valence-corrected chi connectivity index (χ2v) is 2.49. The first-order valence-electron chi connectivity index (χ1n) is 3.82. The molecular weight excluding hydrogens is 208 g/mol. The van der Waals surface area contributed by atoms with E-state index in [1.807, 2.05) is 0 Å². The Morgan fingerprint density at radius 1 is 1.60 bits per heavy atom. The number of rotatable bonds is 2. The average molecular weight is 215 g/mol. The van der Waals surface area contributed by atoms with Crippen LogP contribution in [0.1, 0.15) is 10.6 Å². The van der Waals surface area contributed by atoms with Crippen LogP contribution in [-0.2, 0) is 9.57 Å². The van der Waals surface area contributed by atoms with E-state index in [1.54, 1.807) is 0 Å². The fourth-order valence-corrected chi connectivity index (χ4v) is 0.914. The van der Waals surface area contributed by atoms with Gasteiger partial charge in [-0.25, -0.2) is 14.7 Å². The smallest absolute Gasteiger partial charge is 0.463 e. The molecule has 10 nitrogen and oxygen atoms in total. The minimum atomic E-state index is -0.677. The summed E-state index contributed by atoms with van der Waals surface area (Å²) >= 11 is 0. The zero-order chi connectivity index (χ0) is 10.8. The summed E-state index contributed by atoms with van der Waals surface area (Å²) in [5.74, 6) is -0.646. The lowest BCUT2D eigenvalue weighted by atomic mass is 10.6. The van der Waals surface area contributed by atoms with Gasteiger partial charge < -0.3 is 9.57 Å². The first-order valence-corrected chi connectivity index (χ1v) is 3.82. The zero-order valence-electron chi connectivity index (χ0n) is 7.53. The minimum Gasteiger partial charge on any atom is -0.463 e. The predicted molar refractivity (Wildman–Crippen MR) is 41.1 cm³/mol.